The highest BCUT2D eigenvalue weighted by Gasteiger charge is 2.36. The average molecular weight is 722 g/mol. The Hall–Kier alpha value is -6.62. The summed E-state index contributed by atoms with van der Waals surface area (Å²) in [5.41, 5.74) is 8.66. The first kappa shape index (κ1) is 30.8. The summed E-state index contributed by atoms with van der Waals surface area (Å²) >= 11 is 1.91. The number of fused-ring (bicyclic) bond motifs is 12. The minimum atomic E-state index is 0.0110. The molecule has 260 valence electrons. The van der Waals surface area contributed by atoms with Gasteiger partial charge in [-0.1, -0.05) is 140 Å². The Labute approximate surface area is 322 Å². The number of nitrogens with zero attached hydrogens (tertiary/aromatic N) is 2. The fraction of sp³-hybridized carbons (Fsp3) is 0.0588. The van der Waals surface area contributed by atoms with Gasteiger partial charge in [0, 0.05) is 43.4 Å². The van der Waals surface area contributed by atoms with Gasteiger partial charge >= 0.3 is 0 Å². The van der Waals surface area contributed by atoms with Crippen LogP contribution in [0.25, 0.3) is 80.0 Å². The van der Waals surface area contributed by atoms with Gasteiger partial charge in [0.2, 0.25) is 0 Å². The first-order valence-electron chi connectivity index (χ1n) is 19.1. The fourth-order valence-electron chi connectivity index (χ4n) is 9.74. The molecule has 0 bridgehead atoms. The Morgan fingerprint density at radius 2 is 1.05 bits per heavy atom. The third-order valence-electron chi connectivity index (χ3n) is 12.1. The molecular formula is C51H35N3S. The van der Waals surface area contributed by atoms with E-state index in [9.17, 15) is 0 Å². The van der Waals surface area contributed by atoms with Crippen LogP contribution in [0.5, 0.6) is 0 Å². The number of likely N-dealkylation sites (N-methyl/N-ethyl adjacent to an activating group) is 1. The zero-order valence-electron chi connectivity index (χ0n) is 30.2. The normalized spacial score (nSPS) is 15.8. The van der Waals surface area contributed by atoms with E-state index in [4.69, 9.17) is 0 Å². The van der Waals surface area contributed by atoms with Crippen molar-refractivity contribution in [3.63, 3.8) is 0 Å². The van der Waals surface area contributed by atoms with E-state index in [2.05, 4.69) is 198 Å². The first-order valence-corrected chi connectivity index (χ1v) is 19.9. The molecule has 0 aliphatic carbocycles. The molecular weight excluding hydrogens is 687 g/mol. The Balaban J connectivity index is 1.13. The highest BCUT2D eigenvalue weighted by molar-refractivity contribution is 7.26. The zero-order valence-corrected chi connectivity index (χ0v) is 31.0. The van der Waals surface area contributed by atoms with Gasteiger partial charge in [0.15, 0.2) is 0 Å². The molecule has 0 spiro atoms. The van der Waals surface area contributed by atoms with Crippen LogP contribution in [0.1, 0.15) is 23.2 Å². The fourth-order valence-corrected chi connectivity index (χ4v) is 11.0. The minimum absolute atomic E-state index is 0.0110. The van der Waals surface area contributed by atoms with Crippen LogP contribution in [0.2, 0.25) is 0 Å². The van der Waals surface area contributed by atoms with E-state index < -0.39 is 0 Å². The topological polar surface area (TPSA) is 20.2 Å². The third-order valence-corrected chi connectivity index (χ3v) is 13.4. The zero-order chi connectivity index (χ0) is 36.2. The number of rotatable bonds is 3. The molecule has 2 atom stereocenters. The molecule has 1 N–H and O–H groups in total. The minimum Gasteiger partial charge on any atom is -0.374 e. The van der Waals surface area contributed by atoms with Gasteiger partial charge in [-0.25, -0.2) is 0 Å². The molecule has 1 aliphatic heterocycles. The number of nitrogens with one attached hydrogen (secondary N) is 1. The van der Waals surface area contributed by atoms with Crippen LogP contribution in [0.4, 0.5) is 11.4 Å². The van der Waals surface area contributed by atoms with E-state index in [-0.39, 0.29) is 12.1 Å². The Morgan fingerprint density at radius 1 is 0.455 bits per heavy atom. The number of thiophene rings is 1. The summed E-state index contributed by atoms with van der Waals surface area (Å²) in [7, 11) is 2.27. The van der Waals surface area contributed by atoms with Gasteiger partial charge in [0.1, 0.15) is 0 Å². The van der Waals surface area contributed by atoms with E-state index in [1.165, 1.54) is 96.8 Å². The van der Waals surface area contributed by atoms with Crippen molar-refractivity contribution in [3.05, 3.63) is 187 Å². The standard InChI is InChI=1S/C51H35N3S/c1-53-43-23-10-9-22-41(43)52-49(40-21-12-20-39-37-19-8-11-24-46(37)55-51(39)40)50(53)38-27-30-42(36-18-7-6-17-35(36)38)54-44-28-25-31-13-2-4-15-33(31)47(44)48-34-16-5-3-14-32(34)26-29-45(48)54/h2-30,49-50,52H,1H3. The number of aromatic nitrogens is 1. The molecule has 4 heteroatoms. The SMILES string of the molecule is CN1c2ccccc2NC(c2cccc3c2sc2ccccc23)C1c1ccc(-n2c3ccc4ccccc4c3c3c4ccccc4ccc32)c2ccccc12. The average Bonchev–Trinajstić information content (AvgIpc) is 3.80. The van der Waals surface area contributed by atoms with Gasteiger partial charge in [0.05, 0.1) is 40.2 Å². The molecule has 2 unspecified atom stereocenters. The van der Waals surface area contributed by atoms with E-state index >= 15 is 0 Å². The summed E-state index contributed by atoms with van der Waals surface area (Å²) in [6.07, 6.45) is 0. The lowest BCUT2D eigenvalue weighted by atomic mass is 9.86. The molecule has 55 heavy (non-hydrogen) atoms. The second kappa shape index (κ2) is 11.7. The van der Waals surface area contributed by atoms with Crippen molar-refractivity contribution in [2.45, 2.75) is 12.1 Å². The molecule has 2 aromatic heterocycles. The molecule has 0 fully saturated rings. The van der Waals surface area contributed by atoms with E-state index in [0.717, 1.165) is 5.69 Å². The van der Waals surface area contributed by atoms with Gasteiger partial charge in [-0.2, -0.15) is 0 Å². The van der Waals surface area contributed by atoms with Crippen molar-refractivity contribution < 1.29 is 0 Å². The second-order valence-corrected chi connectivity index (χ2v) is 16.0. The van der Waals surface area contributed by atoms with Crippen LogP contribution >= 0.6 is 11.3 Å². The van der Waals surface area contributed by atoms with Crippen molar-refractivity contribution in [2.75, 3.05) is 17.3 Å². The van der Waals surface area contributed by atoms with E-state index in [0.29, 0.717) is 0 Å². The monoisotopic (exact) mass is 721 g/mol. The summed E-state index contributed by atoms with van der Waals surface area (Å²) in [5, 5.41) is 16.9. The molecule has 0 saturated carbocycles. The highest BCUT2D eigenvalue weighted by atomic mass is 32.1. The maximum atomic E-state index is 4.08. The number of hydrogen-bond acceptors (Lipinski definition) is 3. The first-order chi connectivity index (χ1) is 27.2. The van der Waals surface area contributed by atoms with Crippen LogP contribution in [-0.2, 0) is 0 Å². The molecule has 0 amide bonds. The van der Waals surface area contributed by atoms with Crippen LogP contribution in [0, 0.1) is 0 Å². The van der Waals surface area contributed by atoms with Gasteiger partial charge < -0.3 is 14.8 Å². The Kier molecular flexibility index (Phi) is 6.55. The summed E-state index contributed by atoms with van der Waals surface area (Å²) < 4.78 is 5.20. The lowest BCUT2D eigenvalue weighted by Crippen LogP contribution is -2.37. The number of benzene rings is 9. The van der Waals surface area contributed by atoms with E-state index in [1.807, 2.05) is 11.3 Å². The van der Waals surface area contributed by atoms with Crippen molar-refractivity contribution >= 4 is 97.0 Å². The maximum Gasteiger partial charge on any atom is 0.0789 e. The van der Waals surface area contributed by atoms with Gasteiger partial charge in [0.25, 0.3) is 0 Å². The summed E-state index contributed by atoms with van der Waals surface area (Å²) in [4.78, 5) is 2.50. The smallest absolute Gasteiger partial charge is 0.0789 e. The highest BCUT2D eigenvalue weighted by Crippen LogP contribution is 2.51. The Morgan fingerprint density at radius 3 is 1.80 bits per heavy atom. The summed E-state index contributed by atoms with van der Waals surface area (Å²) in [5.74, 6) is 0. The molecule has 3 nitrogen and oxygen atoms in total. The number of para-hydroxylation sites is 2. The third kappa shape index (κ3) is 4.37. The predicted molar refractivity (Wildman–Crippen MR) is 237 cm³/mol. The van der Waals surface area contributed by atoms with Crippen LogP contribution in [0.15, 0.2) is 176 Å². The lowest BCUT2D eigenvalue weighted by Gasteiger charge is -2.43. The predicted octanol–water partition coefficient (Wildman–Crippen LogP) is 14.0. The van der Waals surface area contributed by atoms with Crippen molar-refractivity contribution in [2.24, 2.45) is 0 Å². The molecule has 1 aliphatic rings. The van der Waals surface area contributed by atoms with Crippen LogP contribution in [-0.4, -0.2) is 11.6 Å². The Bertz CT molecular complexity index is 3260. The number of anilines is 2. The lowest BCUT2D eigenvalue weighted by molar-refractivity contribution is 0.567. The van der Waals surface area contributed by atoms with Crippen LogP contribution in [0.3, 0.4) is 0 Å². The van der Waals surface area contributed by atoms with Crippen molar-refractivity contribution in [3.8, 4) is 5.69 Å². The molecule has 3 heterocycles. The van der Waals surface area contributed by atoms with Crippen molar-refractivity contribution in [1.82, 2.24) is 4.57 Å². The molecule has 12 rings (SSSR count). The second-order valence-electron chi connectivity index (χ2n) is 14.9. The number of hydrogen-bond donors (Lipinski definition) is 1. The van der Waals surface area contributed by atoms with Crippen molar-refractivity contribution in [1.29, 1.82) is 0 Å². The van der Waals surface area contributed by atoms with Gasteiger partial charge in [-0.15, -0.1) is 11.3 Å². The molecule has 9 aromatic carbocycles. The summed E-state index contributed by atoms with van der Waals surface area (Å²) in [6, 6.07) is 65.2. The molecule has 0 saturated heterocycles. The van der Waals surface area contributed by atoms with Crippen LogP contribution < -0.4 is 10.2 Å². The molecule has 0 radical (unpaired) electrons. The van der Waals surface area contributed by atoms with Gasteiger partial charge in [-0.3, -0.25) is 0 Å². The molecule has 11 aromatic rings. The van der Waals surface area contributed by atoms with Gasteiger partial charge in [-0.05, 0) is 74.5 Å². The van der Waals surface area contributed by atoms with E-state index in [1.54, 1.807) is 0 Å². The maximum absolute atomic E-state index is 4.08. The quantitative estimate of drug-likeness (QED) is 0.196. The summed E-state index contributed by atoms with van der Waals surface area (Å²) in [6.45, 7) is 0. The largest absolute Gasteiger partial charge is 0.374 e.